The van der Waals surface area contributed by atoms with Crippen LogP contribution < -0.4 is 15.2 Å². The maximum absolute atomic E-state index is 12.4. The monoisotopic (exact) mass is 436 g/mol. The van der Waals surface area contributed by atoms with Gasteiger partial charge in [-0.2, -0.15) is 9.36 Å². The largest absolute Gasteiger partial charge is 0.496 e. The summed E-state index contributed by atoms with van der Waals surface area (Å²) in [6.45, 7) is 2.18. The van der Waals surface area contributed by atoms with Gasteiger partial charge in [0.25, 0.3) is 0 Å². The minimum absolute atomic E-state index is 0.194. The highest BCUT2D eigenvalue weighted by atomic mass is 35.5. The standard InChI is InChI=1S/C23H21ClN4O3/c1-15-12-17(16-6-4-7-18(24)13-16)10-11-21(15)31-14-19-20(8-5-9-22(19)30-3)28-23(29)27(2)25-26-28/h4-13H,14H2,1-3H3. The molecule has 0 bridgehead atoms. The van der Waals surface area contributed by atoms with Crippen LogP contribution in [0.15, 0.2) is 65.5 Å². The van der Waals surface area contributed by atoms with Crippen LogP contribution in [0.2, 0.25) is 5.02 Å². The molecule has 0 saturated carbocycles. The molecular weight excluding hydrogens is 416 g/mol. The van der Waals surface area contributed by atoms with E-state index in [2.05, 4.69) is 16.5 Å². The van der Waals surface area contributed by atoms with Crippen LogP contribution in [0.25, 0.3) is 16.8 Å². The van der Waals surface area contributed by atoms with E-state index in [1.165, 1.54) is 9.36 Å². The predicted molar refractivity (Wildman–Crippen MR) is 119 cm³/mol. The van der Waals surface area contributed by atoms with Crippen molar-refractivity contribution in [2.45, 2.75) is 13.5 Å². The number of aromatic nitrogens is 4. The van der Waals surface area contributed by atoms with E-state index in [1.54, 1.807) is 26.3 Å². The third-order valence-electron chi connectivity index (χ3n) is 4.98. The lowest BCUT2D eigenvalue weighted by Gasteiger charge is -2.15. The Kier molecular flexibility index (Phi) is 5.77. The summed E-state index contributed by atoms with van der Waals surface area (Å²) in [4.78, 5) is 12.4. The van der Waals surface area contributed by atoms with Gasteiger partial charge >= 0.3 is 5.69 Å². The number of halogens is 1. The van der Waals surface area contributed by atoms with Crippen molar-refractivity contribution in [2.24, 2.45) is 7.05 Å². The van der Waals surface area contributed by atoms with Crippen LogP contribution >= 0.6 is 11.6 Å². The zero-order valence-electron chi connectivity index (χ0n) is 17.4. The molecule has 0 unspecified atom stereocenters. The van der Waals surface area contributed by atoms with Gasteiger partial charge in [-0.25, -0.2) is 4.79 Å². The highest BCUT2D eigenvalue weighted by molar-refractivity contribution is 6.30. The van der Waals surface area contributed by atoms with Gasteiger partial charge in [0.1, 0.15) is 18.1 Å². The Hall–Kier alpha value is -3.58. The van der Waals surface area contributed by atoms with Crippen molar-refractivity contribution in [3.8, 4) is 28.3 Å². The Morgan fingerprint density at radius 3 is 2.42 bits per heavy atom. The lowest BCUT2D eigenvalue weighted by molar-refractivity contribution is 0.294. The Labute approximate surface area is 184 Å². The number of nitrogens with zero attached hydrogens (tertiary/aromatic N) is 4. The zero-order valence-corrected chi connectivity index (χ0v) is 18.1. The van der Waals surface area contributed by atoms with Crippen LogP contribution in [-0.4, -0.2) is 26.9 Å². The fourth-order valence-corrected chi connectivity index (χ4v) is 3.55. The molecule has 0 amide bonds. The molecule has 0 aliphatic rings. The number of tetrazole rings is 1. The second-order valence-electron chi connectivity index (χ2n) is 7.03. The van der Waals surface area contributed by atoms with Crippen LogP contribution in [0.4, 0.5) is 0 Å². The van der Waals surface area contributed by atoms with Gasteiger partial charge in [0.2, 0.25) is 0 Å². The number of benzene rings is 3. The van der Waals surface area contributed by atoms with Crippen molar-refractivity contribution in [3.63, 3.8) is 0 Å². The third-order valence-corrected chi connectivity index (χ3v) is 5.22. The van der Waals surface area contributed by atoms with E-state index in [4.69, 9.17) is 21.1 Å². The topological polar surface area (TPSA) is 71.2 Å². The smallest absolute Gasteiger partial charge is 0.368 e. The van der Waals surface area contributed by atoms with Crippen LogP contribution in [0.1, 0.15) is 11.1 Å². The van der Waals surface area contributed by atoms with Crippen molar-refractivity contribution in [1.29, 1.82) is 0 Å². The fourth-order valence-electron chi connectivity index (χ4n) is 3.36. The second kappa shape index (κ2) is 8.65. The molecular formula is C23H21ClN4O3. The fraction of sp³-hybridized carbons (Fsp3) is 0.174. The number of methoxy groups -OCH3 is 1. The van der Waals surface area contributed by atoms with E-state index in [1.807, 2.05) is 49.4 Å². The molecule has 0 N–H and O–H groups in total. The quantitative estimate of drug-likeness (QED) is 0.453. The molecule has 0 aliphatic carbocycles. The van der Waals surface area contributed by atoms with Crippen molar-refractivity contribution < 1.29 is 9.47 Å². The number of aryl methyl sites for hydroxylation is 2. The van der Waals surface area contributed by atoms with Gasteiger partial charge in [-0.15, -0.1) is 0 Å². The number of ether oxygens (including phenoxy) is 2. The first kappa shape index (κ1) is 20.7. The Morgan fingerprint density at radius 1 is 0.968 bits per heavy atom. The van der Waals surface area contributed by atoms with Crippen LogP contribution in [0, 0.1) is 6.92 Å². The molecule has 0 saturated heterocycles. The first-order valence-electron chi connectivity index (χ1n) is 9.62. The maximum atomic E-state index is 12.4. The van der Waals surface area contributed by atoms with E-state index < -0.39 is 0 Å². The molecule has 0 spiro atoms. The average Bonchev–Trinajstić information content (AvgIpc) is 3.10. The summed E-state index contributed by atoms with van der Waals surface area (Å²) in [6.07, 6.45) is 0. The molecule has 1 heterocycles. The van der Waals surface area contributed by atoms with E-state index in [9.17, 15) is 4.79 Å². The molecule has 31 heavy (non-hydrogen) atoms. The lowest BCUT2D eigenvalue weighted by atomic mass is 10.0. The highest BCUT2D eigenvalue weighted by Crippen LogP contribution is 2.30. The van der Waals surface area contributed by atoms with Gasteiger partial charge < -0.3 is 9.47 Å². The van der Waals surface area contributed by atoms with E-state index in [0.717, 1.165) is 22.4 Å². The van der Waals surface area contributed by atoms with Gasteiger partial charge in [-0.3, -0.25) is 0 Å². The second-order valence-corrected chi connectivity index (χ2v) is 7.47. The van der Waals surface area contributed by atoms with E-state index in [0.29, 0.717) is 22.0 Å². The average molecular weight is 437 g/mol. The summed E-state index contributed by atoms with van der Waals surface area (Å²) in [5.74, 6) is 1.33. The summed E-state index contributed by atoms with van der Waals surface area (Å²) in [7, 11) is 3.13. The minimum atomic E-state index is -0.350. The Balaban J connectivity index is 1.64. The summed E-state index contributed by atoms with van der Waals surface area (Å²) < 4.78 is 14.0. The SMILES string of the molecule is COc1cccc(-n2nnn(C)c2=O)c1COc1ccc(-c2cccc(Cl)c2)cc1C. The highest BCUT2D eigenvalue weighted by Gasteiger charge is 2.16. The minimum Gasteiger partial charge on any atom is -0.496 e. The molecule has 4 aromatic rings. The zero-order chi connectivity index (χ0) is 22.0. The van der Waals surface area contributed by atoms with Gasteiger partial charge in [-0.1, -0.05) is 35.9 Å². The van der Waals surface area contributed by atoms with Gasteiger partial charge in [0.05, 0.1) is 18.4 Å². The van der Waals surface area contributed by atoms with Gasteiger partial charge in [0.15, 0.2) is 0 Å². The first-order chi connectivity index (χ1) is 15.0. The summed E-state index contributed by atoms with van der Waals surface area (Å²) in [5, 5.41) is 8.43. The summed E-state index contributed by atoms with van der Waals surface area (Å²) >= 11 is 6.12. The Bertz CT molecular complexity index is 1300. The van der Waals surface area contributed by atoms with Crippen molar-refractivity contribution in [1.82, 2.24) is 19.8 Å². The first-order valence-corrected chi connectivity index (χ1v) is 10.0. The van der Waals surface area contributed by atoms with Gasteiger partial charge in [-0.05, 0) is 70.4 Å². The van der Waals surface area contributed by atoms with Crippen molar-refractivity contribution in [2.75, 3.05) is 7.11 Å². The molecule has 8 heteroatoms. The van der Waals surface area contributed by atoms with E-state index in [-0.39, 0.29) is 12.3 Å². The Morgan fingerprint density at radius 2 is 1.74 bits per heavy atom. The van der Waals surface area contributed by atoms with Crippen LogP contribution in [0.3, 0.4) is 0 Å². The molecule has 0 aliphatic heterocycles. The van der Waals surface area contributed by atoms with Gasteiger partial charge in [0, 0.05) is 12.1 Å². The van der Waals surface area contributed by atoms with Crippen molar-refractivity contribution in [3.05, 3.63) is 87.3 Å². The number of hydrogen-bond acceptors (Lipinski definition) is 5. The lowest BCUT2D eigenvalue weighted by Crippen LogP contribution is -2.23. The van der Waals surface area contributed by atoms with Crippen LogP contribution in [-0.2, 0) is 13.7 Å². The molecule has 3 aromatic carbocycles. The summed E-state index contributed by atoms with van der Waals surface area (Å²) in [6, 6.07) is 19.1. The molecule has 0 fully saturated rings. The molecule has 1 aromatic heterocycles. The number of rotatable bonds is 6. The predicted octanol–water partition coefficient (Wildman–Crippen LogP) is 4.18. The molecule has 0 radical (unpaired) electrons. The molecule has 158 valence electrons. The summed E-state index contributed by atoms with van der Waals surface area (Å²) in [5.41, 5.74) is 3.98. The molecule has 4 rings (SSSR count). The third kappa shape index (κ3) is 4.18. The molecule has 0 atom stereocenters. The maximum Gasteiger partial charge on any atom is 0.368 e. The normalized spacial score (nSPS) is 10.8. The van der Waals surface area contributed by atoms with Crippen molar-refractivity contribution >= 4 is 11.6 Å². The van der Waals surface area contributed by atoms with E-state index >= 15 is 0 Å². The van der Waals surface area contributed by atoms with Crippen LogP contribution in [0.5, 0.6) is 11.5 Å². The number of hydrogen-bond donors (Lipinski definition) is 0. The molecule has 7 nitrogen and oxygen atoms in total.